The third-order valence-electron chi connectivity index (χ3n) is 5.47. The van der Waals surface area contributed by atoms with Crippen LogP contribution in [0.5, 0.6) is 0 Å². The molecule has 0 fully saturated rings. The minimum atomic E-state index is -0.372. The number of hydrogen-bond donors (Lipinski definition) is 0. The minimum Gasteiger partial charge on any atom is -0.292 e. The van der Waals surface area contributed by atoms with Gasteiger partial charge in [0.15, 0.2) is 0 Å². The van der Waals surface area contributed by atoms with Crippen LogP contribution in [-0.4, -0.2) is 67.3 Å². The highest BCUT2D eigenvalue weighted by Gasteiger charge is 2.49. The summed E-state index contributed by atoms with van der Waals surface area (Å²) in [5.74, 6) is 2.09. The van der Waals surface area contributed by atoms with Crippen LogP contribution in [0.4, 0.5) is 0 Å². The van der Waals surface area contributed by atoms with Gasteiger partial charge in [0.2, 0.25) is 0 Å². The molecule has 0 radical (unpaired) electrons. The van der Waals surface area contributed by atoms with Gasteiger partial charge >= 0.3 is 0 Å². The average Bonchev–Trinajstić information content (AvgIpc) is 2.96. The maximum Gasteiger partial charge on any atom is 0.132 e. The van der Waals surface area contributed by atoms with E-state index >= 15 is 0 Å². The Kier molecular flexibility index (Phi) is 9.27. The molecule has 0 saturated heterocycles. The third kappa shape index (κ3) is 6.07. The van der Waals surface area contributed by atoms with Gasteiger partial charge in [0.05, 0.1) is 34.4 Å². The highest BCUT2D eigenvalue weighted by atomic mass is 32.2. The van der Waals surface area contributed by atoms with Crippen LogP contribution in [-0.2, 0) is 9.68 Å². The van der Waals surface area contributed by atoms with Gasteiger partial charge in [-0.15, -0.1) is 46.8 Å². The first-order valence-corrected chi connectivity index (χ1v) is 13.3. The molecular formula is C24H42N4O2S2. The largest absolute Gasteiger partial charge is 0.292 e. The van der Waals surface area contributed by atoms with E-state index in [1.54, 1.807) is 12.2 Å². The molecule has 2 rings (SSSR count). The Bertz CT molecular complexity index is 682. The van der Waals surface area contributed by atoms with Crippen molar-refractivity contribution < 1.29 is 9.68 Å². The highest BCUT2D eigenvalue weighted by Crippen LogP contribution is 2.40. The SMILES string of the molecule is C=CCON1C(C)(C)N=C(SCCCCSC2=NC(C)(C)N(OCC=C)C2(C)C)C1(C)C. The van der Waals surface area contributed by atoms with Crippen LogP contribution in [0.3, 0.4) is 0 Å². The van der Waals surface area contributed by atoms with E-state index < -0.39 is 0 Å². The predicted octanol–water partition coefficient (Wildman–Crippen LogP) is 5.93. The van der Waals surface area contributed by atoms with E-state index in [0.29, 0.717) is 13.2 Å². The second-order valence-electron chi connectivity index (χ2n) is 10.1. The smallest absolute Gasteiger partial charge is 0.132 e. The topological polar surface area (TPSA) is 49.7 Å². The molecule has 2 aliphatic rings. The van der Waals surface area contributed by atoms with E-state index in [-0.39, 0.29) is 22.4 Å². The Morgan fingerprint density at radius 1 is 0.719 bits per heavy atom. The summed E-state index contributed by atoms with van der Waals surface area (Å²) in [5.41, 5.74) is -1.23. The van der Waals surface area contributed by atoms with Crippen LogP contribution in [0.2, 0.25) is 0 Å². The lowest BCUT2D eigenvalue weighted by atomic mass is 10.1. The second-order valence-corrected chi connectivity index (χ2v) is 12.3. The van der Waals surface area contributed by atoms with Gasteiger partial charge in [0.1, 0.15) is 11.3 Å². The molecular weight excluding hydrogens is 440 g/mol. The maximum atomic E-state index is 5.94. The normalized spacial score (nSPS) is 23.8. The Morgan fingerprint density at radius 2 is 1.06 bits per heavy atom. The fourth-order valence-corrected chi connectivity index (χ4v) is 6.79. The van der Waals surface area contributed by atoms with Crippen LogP contribution >= 0.6 is 23.5 Å². The predicted molar refractivity (Wildman–Crippen MR) is 141 cm³/mol. The standard InChI is InChI=1S/C24H42N4O2S2/c1-11-15-29-27-21(3,4)19(25-23(27,7)8)31-17-13-14-18-32-20-22(5,6)28(30-16-12-2)24(9,10)26-20/h11-12H,1-2,13-18H2,3-10H3. The van der Waals surface area contributed by atoms with Crippen LogP contribution in [0.25, 0.3) is 0 Å². The van der Waals surface area contributed by atoms with Crippen molar-refractivity contribution in [3.05, 3.63) is 25.3 Å². The Labute approximate surface area is 203 Å². The maximum absolute atomic E-state index is 5.94. The van der Waals surface area contributed by atoms with Crippen molar-refractivity contribution in [3.63, 3.8) is 0 Å². The molecule has 0 spiro atoms. The molecule has 0 aromatic carbocycles. The van der Waals surface area contributed by atoms with E-state index in [1.807, 2.05) is 33.7 Å². The molecule has 0 aromatic heterocycles. The molecule has 0 aliphatic carbocycles. The summed E-state index contributed by atoms with van der Waals surface area (Å²) in [7, 11) is 0. The Morgan fingerprint density at radius 3 is 1.38 bits per heavy atom. The molecule has 0 bridgehead atoms. The molecule has 32 heavy (non-hydrogen) atoms. The molecule has 8 heteroatoms. The fourth-order valence-electron chi connectivity index (χ4n) is 4.26. The molecule has 0 N–H and O–H groups in total. The van der Waals surface area contributed by atoms with Gasteiger partial charge in [0, 0.05) is 0 Å². The molecule has 0 aromatic rings. The quantitative estimate of drug-likeness (QED) is 0.269. The van der Waals surface area contributed by atoms with E-state index in [9.17, 15) is 0 Å². The van der Waals surface area contributed by atoms with E-state index in [2.05, 4.69) is 68.5 Å². The van der Waals surface area contributed by atoms with Crippen molar-refractivity contribution in [2.75, 3.05) is 24.7 Å². The lowest BCUT2D eigenvalue weighted by molar-refractivity contribution is -0.228. The zero-order valence-corrected chi connectivity index (χ0v) is 22.9. The number of unbranched alkanes of at least 4 members (excludes halogenated alkanes) is 1. The Hall–Kier alpha value is -0.640. The summed E-state index contributed by atoms with van der Waals surface area (Å²) in [5, 5.41) is 6.28. The first-order valence-electron chi connectivity index (χ1n) is 11.3. The average molecular weight is 483 g/mol. The minimum absolute atomic E-state index is 0.241. The summed E-state index contributed by atoms with van der Waals surface area (Å²) < 4.78 is 0. The van der Waals surface area contributed by atoms with Crippen LogP contribution in [0.1, 0.15) is 68.2 Å². The van der Waals surface area contributed by atoms with Gasteiger partial charge in [-0.1, -0.05) is 12.2 Å². The summed E-state index contributed by atoms with van der Waals surface area (Å²) in [6.45, 7) is 25.6. The second kappa shape index (κ2) is 10.7. The number of hydroxylamine groups is 4. The molecule has 0 amide bonds. The molecule has 2 aliphatic heterocycles. The molecule has 0 atom stereocenters. The zero-order valence-electron chi connectivity index (χ0n) is 21.2. The van der Waals surface area contributed by atoms with Crippen LogP contribution in [0, 0.1) is 0 Å². The molecule has 182 valence electrons. The van der Waals surface area contributed by atoms with Gasteiger partial charge in [-0.25, -0.2) is 0 Å². The van der Waals surface area contributed by atoms with Gasteiger partial charge in [0.25, 0.3) is 0 Å². The summed E-state index contributed by atoms with van der Waals surface area (Å²) in [6, 6.07) is 0. The van der Waals surface area contributed by atoms with Gasteiger partial charge < -0.3 is 0 Å². The lowest BCUT2D eigenvalue weighted by Crippen LogP contribution is -2.51. The van der Waals surface area contributed by atoms with E-state index in [4.69, 9.17) is 19.7 Å². The summed E-state index contributed by atoms with van der Waals surface area (Å²) in [6.07, 6.45) is 5.82. The van der Waals surface area contributed by atoms with Crippen molar-refractivity contribution >= 4 is 33.6 Å². The van der Waals surface area contributed by atoms with Gasteiger partial charge in [-0.05, 0) is 79.7 Å². The monoisotopic (exact) mass is 482 g/mol. The summed E-state index contributed by atoms with van der Waals surface area (Å²) >= 11 is 3.70. The number of thioether (sulfide) groups is 2. The van der Waals surface area contributed by atoms with Crippen molar-refractivity contribution in [2.24, 2.45) is 9.98 Å². The number of aliphatic imine (C=N–C) groups is 2. The number of rotatable bonds is 11. The fraction of sp³-hybridized carbons (Fsp3) is 0.750. The van der Waals surface area contributed by atoms with Crippen LogP contribution < -0.4 is 0 Å². The molecule has 6 nitrogen and oxygen atoms in total. The zero-order chi connectivity index (χ0) is 24.2. The third-order valence-corrected chi connectivity index (χ3v) is 8.18. The van der Waals surface area contributed by atoms with Crippen molar-refractivity contribution in [2.45, 2.75) is 90.6 Å². The van der Waals surface area contributed by atoms with Crippen molar-refractivity contribution in [1.29, 1.82) is 0 Å². The van der Waals surface area contributed by atoms with E-state index in [1.165, 1.54) is 0 Å². The Balaban J connectivity index is 1.81. The van der Waals surface area contributed by atoms with Crippen molar-refractivity contribution in [1.82, 2.24) is 10.1 Å². The van der Waals surface area contributed by atoms with Gasteiger partial charge in [-0.3, -0.25) is 19.7 Å². The van der Waals surface area contributed by atoms with Crippen LogP contribution in [0.15, 0.2) is 35.3 Å². The van der Waals surface area contributed by atoms with Crippen molar-refractivity contribution in [3.8, 4) is 0 Å². The number of hydrogen-bond acceptors (Lipinski definition) is 8. The molecule has 0 unspecified atom stereocenters. The molecule has 0 saturated carbocycles. The highest BCUT2D eigenvalue weighted by molar-refractivity contribution is 8.14. The molecule has 2 heterocycles. The first kappa shape index (κ1) is 27.6. The first-order chi connectivity index (χ1) is 14.8. The van der Waals surface area contributed by atoms with E-state index in [0.717, 1.165) is 34.4 Å². The lowest BCUT2D eigenvalue weighted by Gasteiger charge is -2.37. The number of nitrogens with zero attached hydrogens (tertiary/aromatic N) is 4. The summed E-state index contributed by atoms with van der Waals surface area (Å²) in [4.78, 5) is 21.8. The van der Waals surface area contributed by atoms with Gasteiger partial charge in [-0.2, -0.15) is 0 Å².